The van der Waals surface area contributed by atoms with Crippen LogP contribution in [-0.2, 0) is 4.79 Å². The number of nitrogens with zero attached hydrogens (tertiary/aromatic N) is 2. The van der Waals surface area contributed by atoms with Gasteiger partial charge in [-0.25, -0.2) is 14.4 Å². The van der Waals surface area contributed by atoms with Gasteiger partial charge in [-0.05, 0) is 37.3 Å². The summed E-state index contributed by atoms with van der Waals surface area (Å²) in [4.78, 5) is 19.1. The van der Waals surface area contributed by atoms with E-state index in [4.69, 9.17) is 5.11 Å². The molecule has 0 aliphatic heterocycles. The first-order valence-electron chi connectivity index (χ1n) is 6.01. The van der Waals surface area contributed by atoms with Gasteiger partial charge >= 0.3 is 5.97 Å². The zero-order valence-electron chi connectivity index (χ0n) is 10.8. The van der Waals surface area contributed by atoms with E-state index in [0.717, 1.165) is 11.3 Å². The van der Waals surface area contributed by atoms with Crippen LogP contribution in [0.15, 0.2) is 35.5 Å². The molecular formula is C14H13FN2O2S. The number of aromatic nitrogens is 2. The first kappa shape index (κ1) is 14.5. The van der Waals surface area contributed by atoms with E-state index >= 15 is 0 Å². The Balaban J connectivity index is 2.19. The number of hydrogen-bond donors (Lipinski definition) is 1. The quantitative estimate of drug-likeness (QED) is 0.677. The molecule has 0 saturated carbocycles. The van der Waals surface area contributed by atoms with Gasteiger partial charge in [-0.1, -0.05) is 11.8 Å². The summed E-state index contributed by atoms with van der Waals surface area (Å²) in [5, 5.41) is 9.15. The Morgan fingerprint density at radius 1 is 1.30 bits per heavy atom. The molecule has 1 N–H and O–H groups in total. The predicted molar refractivity (Wildman–Crippen MR) is 75.1 cm³/mol. The number of thioether (sulfide) groups is 1. The summed E-state index contributed by atoms with van der Waals surface area (Å²) < 4.78 is 12.9. The first-order chi connectivity index (χ1) is 9.54. The van der Waals surface area contributed by atoms with Gasteiger partial charge in [-0.2, -0.15) is 0 Å². The number of aryl methyl sites for hydroxylation is 1. The smallest absolute Gasteiger partial charge is 0.304 e. The van der Waals surface area contributed by atoms with Crippen molar-refractivity contribution in [3.8, 4) is 11.3 Å². The van der Waals surface area contributed by atoms with Gasteiger partial charge in [-0.3, -0.25) is 4.79 Å². The number of aliphatic carboxylic acids is 1. The number of rotatable bonds is 5. The Kier molecular flexibility index (Phi) is 4.68. The van der Waals surface area contributed by atoms with Crippen LogP contribution in [0.3, 0.4) is 0 Å². The molecule has 2 aromatic rings. The van der Waals surface area contributed by atoms with E-state index in [1.54, 1.807) is 12.1 Å². The van der Waals surface area contributed by atoms with Crippen molar-refractivity contribution < 1.29 is 14.3 Å². The SMILES string of the molecule is Cc1cc(-c2ccc(F)cc2)nc(SCCC(=O)O)n1. The summed E-state index contributed by atoms with van der Waals surface area (Å²) in [6.07, 6.45) is 0.0633. The van der Waals surface area contributed by atoms with E-state index < -0.39 is 5.97 Å². The molecule has 0 atom stereocenters. The highest BCUT2D eigenvalue weighted by molar-refractivity contribution is 7.99. The fourth-order valence-corrected chi connectivity index (χ4v) is 2.43. The van der Waals surface area contributed by atoms with Gasteiger partial charge in [-0.15, -0.1) is 0 Å². The number of carbonyl (C=O) groups is 1. The van der Waals surface area contributed by atoms with Crippen LogP contribution in [0.4, 0.5) is 4.39 Å². The molecule has 0 radical (unpaired) electrons. The van der Waals surface area contributed by atoms with Crippen molar-refractivity contribution >= 4 is 17.7 Å². The summed E-state index contributed by atoms with van der Waals surface area (Å²) in [5.74, 6) is -0.721. The predicted octanol–water partition coefficient (Wildman–Crippen LogP) is 3.16. The van der Waals surface area contributed by atoms with Gasteiger partial charge in [0.25, 0.3) is 0 Å². The molecule has 0 unspecified atom stereocenters. The molecule has 0 spiro atoms. The van der Waals surface area contributed by atoms with E-state index in [0.29, 0.717) is 16.6 Å². The average Bonchev–Trinajstić information content (AvgIpc) is 2.38. The van der Waals surface area contributed by atoms with E-state index in [1.165, 1.54) is 23.9 Å². The minimum absolute atomic E-state index is 0.0633. The van der Waals surface area contributed by atoms with Crippen LogP contribution in [0, 0.1) is 12.7 Å². The molecule has 0 bridgehead atoms. The Bertz CT molecular complexity index is 617. The minimum Gasteiger partial charge on any atom is -0.481 e. The standard InChI is InChI=1S/C14H13FN2O2S/c1-9-8-12(10-2-4-11(15)5-3-10)17-14(16-9)20-7-6-13(18)19/h2-5,8H,6-7H2,1H3,(H,18,19). The van der Waals surface area contributed by atoms with Gasteiger partial charge < -0.3 is 5.11 Å². The summed E-state index contributed by atoms with van der Waals surface area (Å²) in [5.41, 5.74) is 2.30. The number of carboxylic acids is 1. The monoisotopic (exact) mass is 292 g/mol. The second-order valence-corrected chi connectivity index (χ2v) is 5.24. The van der Waals surface area contributed by atoms with E-state index in [1.807, 2.05) is 13.0 Å². The Labute approximate surface area is 120 Å². The molecular weight excluding hydrogens is 279 g/mol. The van der Waals surface area contributed by atoms with Gasteiger partial charge in [0.1, 0.15) is 5.82 Å². The third-order valence-electron chi connectivity index (χ3n) is 2.52. The second-order valence-electron chi connectivity index (χ2n) is 4.18. The average molecular weight is 292 g/mol. The molecule has 104 valence electrons. The van der Waals surface area contributed by atoms with E-state index in [-0.39, 0.29) is 12.2 Å². The first-order valence-corrected chi connectivity index (χ1v) is 6.99. The van der Waals surface area contributed by atoms with E-state index in [2.05, 4.69) is 9.97 Å². The van der Waals surface area contributed by atoms with Crippen molar-refractivity contribution in [3.63, 3.8) is 0 Å². The molecule has 0 saturated heterocycles. The molecule has 1 aromatic carbocycles. The molecule has 20 heavy (non-hydrogen) atoms. The number of hydrogen-bond acceptors (Lipinski definition) is 4. The largest absolute Gasteiger partial charge is 0.481 e. The molecule has 1 heterocycles. The van der Waals surface area contributed by atoms with Crippen molar-refractivity contribution in [1.29, 1.82) is 0 Å². The van der Waals surface area contributed by atoms with Gasteiger partial charge in [0, 0.05) is 17.0 Å². The molecule has 2 rings (SSSR count). The topological polar surface area (TPSA) is 63.1 Å². The van der Waals surface area contributed by atoms with E-state index in [9.17, 15) is 9.18 Å². The normalized spacial score (nSPS) is 10.5. The maximum absolute atomic E-state index is 12.9. The number of carboxylic acid groups (broad SMARTS) is 1. The van der Waals surface area contributed by atoms with Crippen LogP contribution in [0.25, 0.3) is 11.3 Å². The third kappa shape index (κ3) is 4.03. The van der Waals surface area contributed by atoms with Crippen LogP contribution in [-0.4, -0.2) is 26.8 Å². The summed E-state index contributed by atoms with van der Waals surface area (Å²) in [7, 11) is 0. The Morgan fingerprint density at radius 3 is 2.65 bits per heavy atom. The Morgan fingerprint density at radius 2 is 2.00 bits per heavy atom. The maximum Gasteiger partial charge on any atom is 0.304 e. The zero-order valence-corrected chi connectivity index (χ0v) is 11.7. The molecule has 0 aliphatic rings. The molecule has 6 heteroatoms. The fraction of sp³-hybridized carbons (Fsp3) is 0.214. The molecule has 4 nitrogen and oxygen atoms in total. The Hall–Kier alpha value is -1.95. The van der Waals surface area contributed by atoms with Crippen molar-refractivity contribution in [1.82, 2.24) is 9.97 Å². The number of benzene rings is 1. The van der Waals surface area contributed by atoms with Crippen molar-refractivity contribution in [2.24, 2.45) is 0 Å². The lowest BCUT2D eigenvalue weighted by Gasteiger charge is -2.05. The summed E-state index contributed by atoms with van der Waals surface area (Å²) in [6, 6.07) is 7.88. The van der Waals surface area contributed by atoms with Gasteiger partial charge in [0.2, 0.25) is 0 Å². The molecule has 0 amide bonds. The highest BCUT2D eigenvalue weighted by atomic mass is 32.2. The van der Waals surface area contributed by atoms with Crippen LogP contribution in [0.5, 0.6) is 0 Å². The molecule has 0 fully saturated rings. The second kappa shape index (κ2) is 6.47. The van der Waals surface area contributed by atoms with Crippen LogP contribution >= 0.6 is 11.8 Å². The van der Waals surface area contributed by atoms with Crippen LogP contribution < -0.4 is 0 Å². The summed E-state index contributed by atoms with van der Waals surface area (Å²) >= 11 is 1.30. The zero-order chi connectivity index (χ0) is 14.5. The van der Waals surface area contributed by atoms with Crippen LogP contribution in [0.2, 0.25) is 0 Å². The number of halogens is 1. The fourth-order valence-electron chi connectivity index (χ4n) is 1.60. The van der Waals surface area contributed by atoms with Crippen molar-refractivity contribution in [2.75, 3.05) is 5.75 Å². The lowest BCUT2D eigenvalue weighted by molar-refractivity contribution is -0.136. The third-order valence-corrected chi connectivity index (χ3v) is 3.37. The van der Waals surface area contributed by atoms with Gasteiger partial charge in [0.15, 0.2) is 5.16 Å². The lowest BCUT2D eigenvalue weighted by atomic mass is 10.1. The van der Waals surface area contributed by atoms with Crippen LogP contribution in [0.1, 0.15) is 12.1 Å². The van der Waals surface area contributed by atoms with Gasteiger partial charge in [0.05, 0.1) is 12.1 Å². The lowest BCUT2D eigenvalue weighted by Crippen LogP contribution is -1.98. The van der Waals surface area contributed by atoms with Crippen molar-refractivity contribution in [2.45, 2.75) is 18.5 Å². The molecule has 0 aliphatic carbocycles. The minimum atomic E-state index is -0.844. The summed E-state index contributed by atoms with van der Waals surface area (Å²) in [6.45, 7) is 1.84. The highest BCUT2D eigenvalue weighted by Crippen LogP contribution is 2.22. The molecule has 1 aromatic heterocycles. The van der Waals surface area contributed by atoms with Crippen molar-refractivity contribution in [3.05, 3.63) is 41.8 Å². The highest BCUT2D eigenvalue weighted by Gasteiger charge is 2.06. The maximum atomic E-state index is 12.9.